The Morgan fingerprint density at radius 2 is 1.54 bits per heavy atom. The van der Waals surface area contributed by atoms with Crippen molar-refractivity contribution in [3.63, 3.8) is 0 Å². The van der Waals surface area contributed by atoms with E-state index in [1.807, 2.05) is 0 Å². The number of nitriles is 1. The smallest absolute Gasteiger partial charge is 0.291 e. The standard InChI is InChI=1S/C19H12F3N3O/c20-19(21,22)16-11-17(13-7-3-1-4-8-13)25(18(26)15(16)12-23)24-14-9-5-2-6-10-14/h1-11,24H. The number of nitrogens with zero attached hydrogens (tertiary/aromatic N) is 2. The lowest BCUT2D eigenvalue weighted by molar-refractivity contribution is -0.137. The van der Waals surface area contributed by atoms with Crippen LogP contribution in [0.2, 0.25) is 0 Å². The number of para-hydroxylation sites is 1. The highest BCUT2D eigenvalue weighted by molar-refractivity contribution is 5.63. The summed E-state index contributed by atoms with van der Waals surface area (Å²) in [5, 5.41) is 9.12. The average Bonchev–Trinajstić information content (AvgIpc) is 2.63. The van der Waals surface area contributed by atoms with Gasteiger partial charge in [-0.05, 0) is 18.2 Å². The molecule has 0 bridgehead atoms. The minimum Gasteiger partial charge on any atom is -0.291 e. The third kappa shape index (κ3) is 3.30. The Morgan fingerprint density at radius 1 is 0.962 bits per heavy atom. The fourth-order valence-corrected chi connectivity index (χ4v) is 2.52. The first-order valence-corrected chi connectivity index (χ1v) is 7.56. The van der Waals surface area contributed by atoms with Gasteiger partial charge in [-0.25, -0.2) is 4.68 Å². The summed E-state index contributed by atoms with van der Waals surface area (Å²) < 4.78 is 41.0. The van der Waals surface area contributed by atoms with Gasteiger partial charge in [-0.2, -0.15) is 18.4 Å². The van der Waals surface area contributed by atoms with E-state index in [4.69, 9.17) is 5.26 Å². The number of aromatic nitrogens is 1. The first-order valence-electron chi connectivity index (χ1n) is 7.56. The highest BCUT2D eigenvalue weighted by atomic mass is 19.4. The number of hydrogen-bond acceptors (Lipinski definition) is 3. The molecule has 7 heteroatoms. The van der Waals surface area contributed by atoms with Crippen molar-refractivity contribution >= 4 is 5.69 Å². The number of anilines is 1. The van der Waals surface area contributed by atoms with Gasteiger partial charge in [0.1, 0.15) is 11.6 Å². The van der Waals surface area contributed by atoms with E-state index in [1.165, 1.54) is 6.07 Å². The lowest BCUT2D eigenvalue weighted by Gasteiger charge is -2.18. The summed E-state index contributed by atoms with van der Waals surface area (Å²) in [7, 11) is 0. The molecule has 0 spiro atoms. The van der Waals surface area contributed by atoms with E-state index < -0.39 is 22.9 Å². The fourth-order valence-electron chi connectivity index (χ4n) is 2.52. The minimum absolute atomic E-state index is 0.00535. The largest absolute Gasteiger partial charge is 0.417 e. The maximum Gasteiger partial charge on any atom is 0.417 e. The van der Waals surface area contributed by atoms with Crippen LogP contribution in [-0.2, 0) is 6.18 Å². The molecule has 0 aliphatic rings. The maximum atomic E-state index is 13.4. The Morgan fingerprint density at radius 3 is 2.08 bits per heavy atom. The van der Waals surface area contributed by atoms with Gasteiger partial charge < -0.3 is 0 Å². The first-order chi connectivity index (χ1) is 12.4. The molecule has 1 N–H and O–H groups in total. The van der Waals surface area contributed by atoms with Crippen LogP contribution in [0.1, 0.15) is 11.1 Å². The van der Waals surface area contributed by atoms with E-state index in [2.05, 4.69) is 5.43 Å². The van der Waals surface area contributed by atoms with Crippen LogP contribution in [0.25, 0.3) is 11.3 Å². The topological polar surface area (TPSA) is 57.8 Å². The number of nitrogens with one attached hydrogen (secondary N) is 1. The van der Waals surface area contributed by atoms with E-state index in [0.717, 1.165) is 10.7 Å². The number of halogens is 3. The predicted molar refractivity (Wildman–Crippen MR) is 91.3 cm³/mol. The molecule has 3 aromatic rings. The zero-order valence-corrected chi connectivity index (χ0v) is 13.3. The van der Waals surface area contributed by atoms with Crippen molar-refractivity contribution in [3.8, 4) is 17.3 Å². The van der Waals surface area contributed by atoms with Crippen LogP contribution < -0.4 is 11.0 Å². The van der Waals surface area contributed by atoms with Crippen LogP contribution in [0.4, 0.5) is 18.9 Å². The van der Waals surface area contributed by atoms with Gasteiger partial charge in [0.25, 0.3) is 5.56 Å². The van der Waals surface area contributed by atoms with Crippen molar-refractivity contribution in [2.24, 2.45) is 0 Å². The summed E-state index contributed by atoms with van der Waals surface area (Å²) in [6.07, 6.45) is -4.82. The zero-order chi connectivity index (χ0) is 18.7. The van der Waals surface area contributed by atoms with Crippen LogP contribution in [0.5, 0.6) is 0 Å². The van der Waals surface area contributed by atoms with Gasteiger partial charge in [0.15, 0.2) is 0 Å². The summed E-state index contributed by atoms with van der Waals surface area (Å²) in [5.41, 5.74) is 0.408. The molecule has 130 valence electrons. The van der Waals surface area contributed by atoms with Crippen molar-refractivity contribution in [1.29, 1.82) is 5.26 Å². The monoisotopic (exact) mass is 355 g/mol. The molecule has 0 atom stereocenters. The van der Waals surface area contributed by atoms with Gasteiger partial charge in [0.2, 0.25) is 0 Å². The normalized spacial score (nSPS) is 11.0. The van der Waals surface area contributed by atoms with Crippen molar-refractivity contribution in [2.75, 3.05) is 5.43 Å². The molecule has 3 rings (SSSR count). The molecule has 1 heterocycles. The number of benzene rings is 2. The van der Waals surface area contributed by atoms with Crippen molar-refractivity contribution < 1.29 is 13.2 Å². The molecule has 2 aromatic carbocycles. The molecule has 4 nitrogen and oxygen atoms in total. The first kappa shape index (κ1) is 17.3. The molecular formula is C19H12F3N3O. The Labute approximate surface area is 146 Å². The minimum atomic E-state index is -4.82. The summed E-state index contributed by atoms with van der Waals surface area (Å²) in [6, 6.07) is 18.9. The van der Waals surface area contributed by atoms with Gasteiger partial charge >= 0.3 is 6.18 Å². The molecule has 0 aliphatic carbocycles. The van der Waals surface area contributed by atoms with E-state index in [1.54, 1.807) is 60.7 Å². The number of pyridine rings is 1. The molecular weight excluding hydrogens is 343 g/mol. The van der Waals surface area contributed by atoms with Gasteiger partial charge in [-0.15, -0.1) is 0 Å². The SMILES string of the molecule is N#Cc1c(C(F)(F)F)cc(-c2ccccc2)n(Nc2ccccc2)c1=O. The molecule has 26 heavy (non-hydrogen) atoms. The Bertz CT molecular complexity index is 1020. The van der Waals surface area contributed by atoms with Gasteiger partial charge in [-0.3, -0.25) is 10.2 Å². The average molecular weight is 355 g/mol. The summed E-state index contributed by atoms with van der Waals surface area (Å²) in [4.78, 5) is 12.6. The van der Waals surface area contributed by atoms with Crippen LogP contribution in [0, 0.1) is 11.3 Å². The van der Waals surface area contributed by atoms with Gasteiger partial charge in [-0.1, -0.05) is 48.5 Å². The van der Waals surface area contributed by atoms with Crippen molar-refractivity contribution in [1.82, 2.24) is 4.68 Å². The predicted octanol–water partition coefficient (Wildman–Crippen LogP) is 4.28. The van der Waals surface area contributed by atoms with E-state index in [9.17, 15) is 18.0 Å². The summed E-state index contributed by atoms with van der Waals surface area (Å²) in [5.74, 6) is 0. The van der Waals surface area contributed by atoms with Crippen LogP contribution in [-0.4, -0.2) is 4.68 Å². The van der Waals surface area contributed by atoms with Crippen molar-refractivity contribution in [2.45, 2.75) is 6.18 Å². The van der Waals surface area contributed by atoms with Crippen LogP contribution >= 0.6 is 0 Å². The Hall–Kier alpha value is -3.53. The molecule has 0 unspecified atom stereocenters. The number of rotatable bonds is 3. The molecule has 0 saturated heterocycles. The third-order valence-corrected chi connectivity index (χ3v) is 3.71. The number of hydrogen-bond donors (Lipinski definition) is 1. The zero-order valence-electron chi connectivity index (χ0n) is 13.3. The molecule has 0 aliphatic heterocycles. The van der Waals surface area contributed by atoms with E-state index >= 15 is 0 Å². The van der Waals surface area contributed by atoms with Crippen LogP contribution in [0.3, 0.4) is 0 Å². The second kappa shape index (κ2) is 6.76. The summed E-state index contributed by atoms with van der Waals surface area (Å²) in [6.45, 7) is 0. The van der Waals surface area contributed by atoms with E-state index in [-0.39, 0.29) is 5.69 Å². The fraction of sp³-hybridized carbons (Fsp3) is 0.0526. The number of alkyl halides is 3. The highest BCUT2D eigenvalue weighted by Crippen LogP contribution is 2.33. The second-order valence-corrected chi connectivity index (χ2v) is 5.41. The third-order valence-electron chi connectivity index (χ3n) is 3.71. The maximum absolute atomic E-state index is 13.4. The van der Waals surface area contributed by atoms with E-state index in [0.29, 0.717) is 11.3 Å². The quantitative estimate of drug-likeness (QED) is 0.763. The van der Waals surface area contributed by atoms with Crippen LogP contribution in [0.15, 0.2) is 71.5 Å². The lowest BCUT2D eigenvalue weighted by atomic mass is 10.0. The molecule has 0 amide bonds. The Kier molecular flexibility index (Phi) is 4.50. The Balaban J connectivity index is 2.31. The van der Waals surface area contributed by atoms with Crippen molar-refractivity contribution in [3.05, 3.63) is 88.2 Å². The summed E-state index contributed by atoms with van der Waals surface area (Å²) >= 11 is 0. The lowest BCUT2D eigenvalue weighted by Crippen LogP contribution is -2.32. The molecule has 0 fully saturated rings. The van der Waals surface area contributed by atoms with Gasteiger partial charge in [0.05, 0.1) is 16.9 Å². The highest BCUT2D eigenvalue weighted by Gasteiger charge is 2.36. The molecule has 1 aromatic heterocycles. The molecule has 0 radical (unpaired) electrons. The molecule has 0 saturated carbocycles. The van der Waals surface area contributed by atoms with Gasteiger partial charge in [0, 0.05) is 5.56 Å². The second-order valence-electron chi connectivity index (χ2n) is 5.41.